The molecule has 0 saturated heterocycles. The number of nitrogens with two attached hydrogens (primary N) is 1. The molecule has 0 aliphatic heterocycles. The first-order chi connectivity index (χ1) is 6.04. The zero-order valence-electron chi connectivity index (χ0n) is 7.29. The Morgan fingerprint density at radius 3 is 2.33 bits per heavy atom. The van der Waals surface area contributed by atoms with Crippen molar-refractivity contribution in [2.75, 3.05) is 6.54 Å². The van der Waals surface area contributed by atoms with E-state index in [0.717, 1.165) is 0 Å². The molecule has 6 heteroatoms. The molecule has 0 radical (unpaired) electrons. The Labute approximate surface area is 70.7 Å². The van der Waals surface area contributed by atoms with Crippen LogP contribution in [0.2, 0.25) is 1.41 Å². The highest BCUT2D eigenvalue weighted by molar-refractivity contribution is 5.56. The molecule has 0 aromatic carbocycles. The van der Waals surface area contributed by atoms with E-state index in [1.54, 1.807) is 0 Å². The SMILES string of the molecule is [2H]NC[C@@H](O)[C@@H](O)[C@H](O)[C@H](O)C=O. The molecule has 0 bridgehead atoms. The Morgan fingerprint density at radius 2 is 1.92 bits per heavy atom. The zero-order valence-corrected chi connectivity index (χ0v) is 6.29. The van der Waals surface area contributed by atoms with Crippen LogP contribution in [0.3, 0.4) is 0 Å². The van der Waals surface area contributed by atoms with Crippen LogP contribution in [0.25, 0.3) is 0 Å². The average molecular weight is 180 g/mol. The van der Waals surface area contributed by atoms with Crippen molar-refractivity contribution in [3.8, 4) is 0 Å². The Hall–Kier alpha value is -0.530. The third kappa shape index (κ3) is 2.84. The maximum atomic E-state index is 9.98. The van der Waals surface area contributed by atoms with Crippen molar-refractivity contribution in [1.29, 1.82) is 0 Å². The maximum Gasteiger partial charge on any atom is 0.151 e. The van der Waals surface area contributed by atoms with Gasteiger partial charge in [0.1, 0.15) is 19.7 Å². The Kier molecular flexibility index (Phi) is 4.12. The van der Waals surface area contributed by atoms with Gasteiger partial charge in [-0.25, -0.2) is 0 Å². The number of carbonyl (C=O) groups excluding carboxylic acids is 1. The molecular weight excluding hydrogens is 166 g/mol. The predicted octanol–water partition coefficient (Wildman–Crippen LogP) is -3.41. The average Bonchev–Trinajstić information content (AvgIpc) is 2.14. The normalized spacial score (nSPS) is 22.2. The molecule has 0 aromatic heterocycles. The lowest BCUT2D eigenvalue weighted by Crippen LogP contribution is -2.47. The van der Waals surface area contributed by atoms with E-state index in [0.29, 0.717) is 0 Å². The monoisotopic (exact) mass is 180 g/mol. The molecule has 0 fully saturated rings. The maximum absolute atomic E-state index is 9.98. The Balaban J connectivity index is 4.06. The first kappa shape index (κ1) is 9.56. The van der Waals surface area contributed by atoms with Crippen molar-refractivity contribution in [1.82, 2.24) is 0 Å². The summed E-state index contributed by atoms with van der Waals surface area (Å²) in [5.41, 5.74) is 1.82. The molecule has 0 unspecified atom stereocenters. The van der Waals surface area contributed by atoms with Gasteiger partial charge in [-0.05, 0) is 0 Å². The molecule has 4 atom stereocenters. The molecule has 0 heterocycles. The molecule has 0 aliphatic carbocycles. The van der Waals surface area contributed by atoms with Crippen LogP contribution in [0.1, 0.15) is 0 Å². The molecule has 72 valence electrons. The number of carbonyl (C=O) groups is 1. The topological polar surface area (TPSA) is 124 Å². The van der Waals surface area contributed by atoms with Gasteiger partial charge in [0.2, 0.25) is 0 Å². The van der Waals surface area contributed by atoms with E-state index >= 15 is 0 Å². The van der Waals surface area contributed by atoms with E-state index in [1.165, 1.54) is 0 Å². The number of aliphatic hydroxyl groups excluding tert-OH is 4. The molecule has 12 heavy (non-hydrogen) atoms. The van der Waals surface area contributed by atoms with Gasteiger partial charge in [0, 0.05) is 6.54 Å². The highest BCUT2D eigenvalue weighted by atomic mass is 16.4. The molecule has 0 aromatic rings. The van der Waals surface area contributed by atoms with Gasteiger partial charge in [0.15, 0.2) is 6.29 Å². The number of aldehydes is 1. The third-order valence-electron chi connectivity index (χ3n) is 1.44. The first-order valence-electron chi connectivity index (χ1n) is 3.86. The summed E-state index contributed by atoms with van der Waals surface area (Å²) < 4.78 is 6.48. The minimum atomic E-state index is -1.75. The number of rotatable bonds is 6. The summed E-state index contributed by atoms with van der Waals surface area (Å²) in [6, 6.07) is 0. The second kappa shape index (κ2) is 5.18. The van der Waals surface area contributed by atoms with E-state index in [2.05, 4.69) is 0 Å². The van der Waals surface area contributed by atoms with Crippen molar-refractivity contribution >= 4 is 6.29 Å². The van der Waals surface area contributed by atoms with Crippen LogP contribution in [-0.4, -0.2) is 57.7 Å². The molecular formula is C6H13NO5. The van der Waals surface area contributed by atoms with Crippen LogP contribution in [0, 0.1) is 0 Å². The molecule has 0 amide bonds. The van der Waals surface area contributed by atoms with Crippen LogP contribution in [0.15, 0.2) is 0 Å². The quantitative estimate of drug-likeness (QED) is 0.271. The number of hydrogen-bond donors (Lipinski definition) is 5. The molecule has 0 spiro atoms. The summed E-state index contributed by atoms with van der Waals surface area (Å²) in [4.78, 5) is 9.98. The van der Waals surface area contributed by atoms with Gasteiger partial charge in [0.25, 0.3) is 0 Å². The van der Waals surface area contributed by atoms with Gasteiger partial charge >= 0.3 is 0 Å². The minimum absolute atomic E-state index is 0.0503. The summed E-state index contributed by atoms with van der Waals surface area (Å²) in [7, 11) is 0. The van der Waals surface area contributed by atoms with Gasteiger partial charge in [-0.2, -0.15) is 0 Å². The van der Waals surface area contributed by atoms with Gasteiger partial charge < -0.3 is 30.9 Å². The van der Waals surface area contributed by atoms with Crippen LogP contribution in [0.5, 0.6) is 0 Å². The fourth-order valence-electron chi connectivity index (χ4n) is 0.631. The number of hydrogen-bond acceptors (Lipinski definition) is 6. The van der Waals surface area contributed by atoms with Crippen molar-refractivity contribution in [2.45, 2.75) is 24.4 Å². The smallest absolute Gasteiger partial charge is 0.151 e. The molecule has 6 nitrogen and oxygen atoms in total. The fourth-order valence-corrected chi connectivity index (χ4v) is 0.631. The fraction of sp³-hybridized carbons (Fsp3) is 0.833. The van der Waals surface area contributed by atoms with Crippen molar-refractivity contribution < 1.29 is 26.6 Å². The predicted molar refractivity (Wildman–Crippen MR) is 39.1 cm³/mol. The standard InChI is InChI=1S/C6H13NO5/c7-1-3(9)5(11)6(12)4(10)2-8/h2-6,9-12H,1,7H2/t3-,4-,5-,6-/m1/s1/i/hD. The van der Waals surface area contributed by atoms with Gasteiger partial charge in [0.05, 0.1) is 6.10 Å². The lowest BCUT2D eigenvalue weighted by Gasteiger charge is -2.22. The highest BCUT2D eigenvalue weighted by Crippen LogP contribution is 2.02. The van der Waals surface area contributed by atoms with Crippen LogP contribution < -0.4 is 5.73 Å². The summed E-state index contributed by atoms with van der Waals surface area (Å²) in [6.07, 6.45) is -6.52. The molecule has 0 saturated carbocycles. The summed E-state index contributed by atoms with van der Waals surface area (Å²) >= 11 is 0. The van der Waals surface area contributed by atoms with E-state index in [4.69, 9.17) is 21.8 Å². The highest BCUT2D eigenvalue weighted by Gasteiger charge is 2.29. The minimum Gasteiger partial charge on any atom is -0.389 e. The van der Waals surface area contributed by atoms with E-state index in [9.17, 15) is 4.79 Å². The van der Waals surface area contributed by atoms with Gasteiger partial charge in [-0.15, -0.1) is 0 Å². The first-order valence-corrected chi connectivity index (χ1v) is 3.36. The lowest BCUT2D eigenvalue weighted by molar-refractivity contribution is -0.132. The number of aliphatic hydroxyl groups is 4. The van der Waals surface area contributed by atoms with Gasteiger partial charge in [-0.3, -0.25) is 0 Å². The summed E-state index contributed by atoms with van der Waals surface area (Å²) in [6.45, 7) is -0.274. The zero-order chi connectivity index (χ0) is 10.4. The van der Waals surface area contributed by atoms with Gasteiger partial charge in [-0.1, -0.05) is 0 Å². The van der Waals surface area contributed by atoms with Crippen molar-refractivity contribution in [3.05, 3.63) is 0 Å². The Morgan fingerprint density at radius 1 is 1.33 bits per heavy atom. The summed E-state index contributed by atoms with van der Waals surface area (Å²) in [5.74, 6) is 0. The van der Waals surface area contributed by atoms with Crippen molar-refractivity contribution in [2.24, 2.45) is 5.73 Å². The van der Waals surface area contributed by atoms with Crippen LogP contribution in [0.4, 0.5) is 0 Å². The third-order valence-corrected chi connectivity index (χ3v) is 1.44. The molecule has 0 aliphatic rings. The summed E-state index contributed by atoms with van der Waals surface area (Å²) in [5, 5.41) is 35.9. The van der Waals surface area contributed by atoms with Crippen LogP contribution in [-0.2, 0) is 4.79 Å². The van der Waals surface area contributed by atoms with E-state index in [-0.39, 0.29) is 12.8 Å². The lowest BCUT2D eigenvalue weighted by atomic mass is 10.0. The van der Waals surface area contributed by atoms with E-state index < -0.39 is 24.4 Å². The van der Waals surface area contributed by atoms with E-state index in [1.807, 2.05) is 5.73 Å². The second-order valence-electron chi connectivity index (χ2n) is 2.38. The molecule has 0 rings (SSSR count). The van der Waals surface area contributed by atoms with Crippen molar-refractivity contribution in [3.63, 3.8) is 0 Å². The second-order valence-corrected chi connectivity index (χ2v) is 2.38. The largest absolute Gasteiger partial charge is 0.389 e. The molecule has 6 N–H and O–H groups in total. The Bertz CT molecular complexity index is 158. The van der Waals surface area contributed by atoms with Crippen LogP contribution >= 0.6 is 0 Å².